The molecule has 5 rings (SSSR count). The maximum Gasteiger partial charge on any atom is 0.251 e. The fraction of sp³-hybridized carbons (Fsp3) is 0.348. The molecular formula is C23H26ClN9O. The molecule has 10 nitrogen and oxygen atoms in total. The van der Waals surface area contributed by atoms with Gasteiger partial charge in [0.1, 0.15) is 16.8 Å². The molecule has 3 aliphatic rings. The molecule has 0 saturated heterocycles. The highest BCUT2D eigenvalue weighted by Gasteiger charge is 2.38. The number of anilines is 2. The maximum absolute atomic E-state index is 13.1. The summed E-state index contributed by atoms with van der Waals surface area (Å²) in [6.07, 6.45) is 9.09. The molecule has 2 aromatic rings. The number of hydrogen-bond acceptors (Lipinski definition) is 9. The third kappa shape index (κ3) is 5.02. The molecule has 176 valence electrons. The molecule has 0 spiro atoms. The van der Waals surface area contributed by atoms with Crippen molar-refractivity contribution in [3.63, 3.8) is 0 Å². The topological polar surface area (TPSA) is 133 Å². The molecule has 0 radical (unpaired) electrons. The SMILES string of the molecule is N[C@H]1CC[C@H](NC2=NN3C(=NCC3C(=O)Nc3ccnc(Cl)c3)C(Nc3ccccn3)=C2)CC1. The van der Waals surface area contributed by atoms with Crippen molar-refractivity contribution in [2.45, 2.75) is 43.8 Å². The number of halogens is 1. The molecule has 34 heavy (non-hydrogen) atoms. The molecule has 1 aliphatic carbocycles. The predicted octanol–water partition coefficient (Wildman–Crippen LogP) is 2.33. The van der Waals surface area contributed by atoms with Crippen LogP contribution in [0.25, 0.3) is 0 Å². The zero-order chi connectivity index (χ0) is 23.5. The minimum absolute atomic E-state index is 0.230. The number of carbonyl (C=O) groups is 1. The van der Waals surface area contributed by atoms with Gasteiger partial charge in [-0.1, -0.05) is 17.7 Å². The Morgan fingerprint density at radius 1 is 1.12 bits per heavy atom. The molecule has 4 heterocycles. The lowest BCUT2D eigenvalue weighted by atomic mass is 9.92. The number of aliphatic imine (C=N–C) groups is 1. The van der Waals surface area contributed by atoms with Gasteiger partial charge in [0.15, 0.2) is 11.9 Å². The minimum atomic E-state index is -0.604. The number of nitrogens with two attached hydrogens (primary N) is 1. The highest BCUT2D eigenvalue weighted by atomic mass is 35.5. The number of fused-ring (bicyclic) bond motifs is 1. The second-order valence-electron chi connectivity index (χ2n) is 8.52. The Balaban J connectivity index is 1.37. The summed E-state index contributed by atoms with van der Waals surface area (Å²) in [7, 11) is 0. The lowest BCUT2D eigenvalue weighted by molar-refractivity contribution is -0.119. The van der Waals surface area contributed by atoms with E-state index in [1.165, 1.54) is 0 Å². The Bertz CT molecular complexity index is 1140. The van der Waals surface area contributed by atoms with Crippen LogP contribution in [0.15, 0.2) is 64.6 Å². The minimum Gasteiger partial charge on any atom is -0.366 e. The van der Waals surface area contributed by atoms with Crippen LogP contribution in [-0.2, 0) is 4.79 Å². The van der Waals surface area contributed by atoms with Gasteiger partial charge in [0.05, 0.1) is 12.2 Å². The van der Waals surface area contributed by atoms with Gasteiger partial charge in [0.2, 0.25) is 0 Å². The van der Waals surface area contributed by atoms with Crippen molar-refractivity contribution in [1.29, 1.82) is 0 Å². The Kier molecular flexibility index (Phi) is 6.41. The van der Waals surface area contributed by atoms with Gasteiger partial charge in [0.25, 0.3) is 5.91 Å². The van der Waals surface area contributed by atoms with Crippen molar-refractivity contribution >= 4 is 40.7 Å². The van der Waals surface area contributed by atoms with E-state index in [-0.39, 0.29) is 24.5 Å². The van der Waals surface area contributed by atoms with Crippen LogP contribution in [0, 0.1) is 0 Å². The molecule has 1 unspecified atom stereocenters. The number of rotatable bonds is 5. The van der Waals surface area contributed by atoms with Gasteiger partial charge in [-0.15, -0.1) is 0 Å². The molecule has 0 aromatic carbocycles. The highest BCUT2D eigenvalue weighted by molar-refractivity contribution is 6.29. The fourth-order valence-corrected chi connectivity index (χ4v) is 4.43. The number of carbonyl (C=O) groups excluding carboxylic acids is 1. The maximum atomic E-state index is 13.1. The van der Waals surface area contributed by atoms with E-state index in [2.05, 4.69) is 30.9 Å². The van der Waals surface area contributed by atoms with Crippen molar-refractivity contribution in [3.8, 4) is 0 Å². The summed E-state index contributed by atoms with van der Waals surface area (Å²) in [5.41, 5.74) is 7.36. The Morgan fingerprint density at radius 2 is 1.97 bits per heavy atom. The van der Waals surface area contributed by atoms with Crippen LogP contribution in [0.3, 0.4) is 0 Å². The normalized spacial score (nSPS) is 23.9. The predicted molar refractivity (Wildman–Crippen MR) is 133 cm³/mol. The molecule has 1 fully saturated rings. The van der Waals surface area contributed by atoms with Crippen LogP contribution in [0.1, 0.15) is 25.7 Å². The van der Waals surface area contributed by atoms with Crippen molar-refractivity contribution in [1.82, 2.24) is 20.3 Å². The van der Waals surface area contributed by atoms with Gasteiger partial charge in [-0.05, 0) is 49.9 Å². The van der Waals surface area contributed by atoms with Gasteiger partial charge in [-0.3, -0.25) is 9.79 Å². The van der Waals surface area contributed by atoms with Gasteiger partial charge >= 0.3 is 0 Å². The zero-order valence-corrected chi connectivity index (χ0v) is 19.2. The second kappa shape index (κ2) is 9.78. The molecule has 2 aliphatic heterocycles. The lowest BCUT2D eigenvalue weighted by Crippen LogP contribution is -2.48. The number of amidine groups is 2. The van der Waals surface area contributed by atoms with Crippen molar-refractivity contribution in [3.05, 3.63) is 59.7 Å². The Labute approximate surface area is 202 Å². The first kappa shape index (κ1) is 22.3. The van der Waals surface area contributed by atoms with E-state index in [9.17, 15) is 4.79 Å². The van der Waals surface area contributed by atoms with E-state index in [1.807, 2.05) is 24.3 Å². The summed E-state index contributed by atoms with van der Waals surface area (Å²) in [6, 6.07) is 8.86. The Morgan fingerprint density at radius 3 is 2.74 bits per heavy atom. The van der Waals surface area contributed by atoms with Crippen LogP contribution in [0.4, 0.5) is 11.5 Å². The van der Waals surface area contributed by atoms with Gasteiger partial charge in [-0.2, -0.15) is 5.10 Å². The molecular weight excluding hydrogens is 454 g/mol. The number of nitrogens with zero attached hydrogens (tertiary/aromatic N) is 5. The van der Waals surface area contributed by atoms with Crippen molar-refractivity contribution in [2.75, 3.05) is 17.2 Å². The van der Waals surface area contributed by atoms with Crippen LogP contribution >= 0.6 is 11.6 Å². The molecule has 0 bridgehead atoms. The third-order valence-corrected chi connectivity index (χ3v) is 6.22. The van der Waals surface area contributed by atoms with Crippen LogP contribution in [0.5, 0.6) is 0 Å². The number of hydrazone groups is 1. The van der Waals surface area contributed by atoms with E-state index in [0.717, 1.165) is 31.4 Å². The average molecular weight is 480 g/mol. The fourth-order valence-electron chi connectivity index (χ4n) is 4.25. The summed E-state index contributed by atoms with van der Waals surface area (Å²) >= 11 is 5.96. The second-order valence-corrected chi connectivity index (χ2v) is 8.91. The first-order valence-electron chi connectivity index (χ1n) is 11.3. The first-order valence-corrected chi connectivity index (χ1v) is 11.7. The monoisotopic (exact) mass is 479 g/mol. The summed E-state index contributed by atoms with van der Waals surface area (Å²) in [6.45, 7) is 0.274. The van der Waals surface area contributed by atoms with Crippen LogP contribution in [-0.4, -0.2) is 57.2 Å². The average Bonchev–Trinajstić information content (AvgIpc) is 3.26. The van der Waals surface area contributed by atoms with E-state index in [1.54, 1.807) is 29.5 Å². The molecule has 2 aromatic heterocycles. The molecule has 5 N–H and O–H groups in total. The number of pyridine rings is 2. The summed E-state index contributed by atoms with van der Waals surface area (Å²) < 4.78 is 0. The summed E-state index contributed by atoms with van der Waals surface area (Å²) in [5, 5.41) is 16.5. The first-order chi connectivity index (χ1) is 16.5. The summed E-state index contributed by atoms with van der Waals surface area (Å²) in [4.78, 5) is 26.1. The third-order valence-electron chi connectivity index (χ3n) is 6.01. The number of amides is 1. The Hall–Kier alpha value is -3.50. The number of hydrogen-bond donors (Lipinski definition) is 4. The lowest BCUT2D eigenvalue weighted by Gasteiger charge is -2.31. The van der Waals surface area contributed by atoms with Gasteiger partial charge < -0.3 is 21.7 Å². The molecule has 1 amide bonds. The highest BCUT2D eigenvalue weighted by Crippen LogP contribution is 2.24. The quantitative estimate of drug-likeness (QED) is 0.483. The molecule has 1 saturated carbocycles. The van der Waals surface area contributed by atoms with Crippen molar-refractivity contribution in [2.24, 2.45) is 15.8 Å². The zero-order valence-electron chi connectivity index (χ0n) is 18.5. The summed E-state index contributed by atoms with van der Waals surface area (Å²) in [5.74, 6) is 1.71. The van der Waals surface area contributed by atoms with Crippen molar-refractivity contribution < 1.29 is 4.79 Å². The van der Waals surface area contributed by atoms with Gasteiger partial charge in [0, 0.05) is 36.2 Å². The van der Waals surface area contributed by atoms with E-state index < -0.39 is 6.04 Å². The molecule has 11 heteroatoms. The van der Waals surface area contributed by atoms with E-state index >= 15 is 0 Å². The van der Waals surface area contributed by atoms with E-state index in [4.69, 9.17) is 22.4 Å². The smallest absolute Gasteiger partial charge is 0.251 e. The van der Waals surface area contributed by atoms with E-state index in [0.29, 0.717) is 28.3 Å². The number of nitrogens with one attached hydrogen (secondary N) is 3. The van der Waals surface area contributed by atoms with Gasteiger partial charge in [-0.25, -0.2) is 15.0 Å². The van der Waals surface area contributed by atoms with Crippen LogP contribution < -0.4 is 21.7 Å². The van der Waals surface area contributed by atoms with Crippen LogP contribution in [0.2, 0.25) is 5.15 Å². The standard InChI is InChI=1S/C23H26ClN9O/c24-19-11-16(8-10-26-19)30-23(34)18-13-28-22-17(31-20-3-1-2-9-27-20)12-21(32-33(18)22)29-15-6-4-14(25)5-7-15/h1-3,8-12,14-15,18H,4-7,13,25H2,(H,27,31)(H,29,32)(H,26,30,34)/t14-,15-,18?. The number of aromatic nitrogens is 2. The largest absolute Gasteiger partial charge is 0.366 e. The molecule has 1 atom stereocenters.